The van der Waals surface area contributed by atoms with Gasteiger partial charge in [0.1, 0.15) is 0 Å². The minimum atomic E-state index is 0.117. The standard InChI is InChI=1S/C12H18ClNO2S/c1-9(2)14(6-7-16-3)8-10(15)11-4-5-12(13)17-11/h4-5,9H,6-8H2,1-3H3. The van der Waals surface area contributed by atoms with E-state index in [-0.39, 0.29) is 5.78 Å². The van der Waals surface area contributed by atoms with Gasteiger partial charge in [0.05, 0.1) is 22.4 Å². The Morgan fingerprint density at radius 2 is 2.24 bits per heavy atom. The maximum Gasteiger partial charge on any atom is 0.186 e. The van der Waals surface area contributed by atoms with Crippen LogP contribution in [-0.4, -0.2) is 43.5 Å². The van der Waals surface area contributed by atoms with E-state index in [4.69, 9.17) is 16.3 Å². The van der Waals surface area contributed by atoms with Crippen LogP contribution >= 0.6 is 22.9 Å². The number of ketones is 1. The number of halogens is 1. The van der Waals surface area contributed by atoms with E-state index < -0.39 is 0 Å². The van der Waals surface area contributed by atoms with Crippen molar-refractivity contribution in [1.29, 1.82) is 0 Å². The van der Waals surface area contributed by atoms with Crippen LogP contribution < -0.4 is 0 Å². The molecule has 0 saturated carbocycles. The summed E-state index contributed by atoms with van der Waals surface area (Å²) in [7, 11) is 1.67. The number of carbonyl (C=O) groups excluding carboxylic acids is 1. The first-order valence-electron chi connectivity index (χ1n) is 5.56. The molecule has 1 heterocycles. The quantitative estimate of drug-likeness (QED) is 0.717. The Hall–Kier alpha value is -0.420. The van der Waals surface area contributed by atoms with Gasteiger partial charge in [0.2, 0.25) is 0 Å². The predicted octanol–water partition coefficient (Wildman–Crippen LogP) is 2.94. The Labute approximate surface area is 111 Å². The number of hydrogen-bond donors (Lipinski definition) is 0. The molecule has 0 atom stereocenters. The van der Waals surface area contributed by atoms with E-state index in [2.05, 4.69) is 18.7 Å². The zero-order valence-corrected chi connectivity index (χ0v) is 12.0. The van der Waals surface area contributed by atoms with Crippen LogP contribution in [0.2, 0.25) is 4.34 Å². The summed E-state index contributed by atoms with van der Waals surface area (Å²) >= 11 is 7.15. The molecule has 0 unspecified atom stereocenters. The largest absolute Gasteiger partial charge is 0.383 e. The molecule has 1 rings (SSSR count). The number of nitrogens with zero attached hydrogens (tertiary/aromatic N) is 1. The van der Waals surface area contributed by atoms with Crippen molar-refractivity contribution in [2.75, 3.05) is 26.8 Å². The van der Waals surface area contributed by atoms with E-state index in [0.29, 0.717) is 23.5 Å². The van der Waals surface area contributed by atoms with Gasteiger partial charge in [-0.15, -0.1) is 11.3 Å². The second kappa shape index (κ2) is 7.11. The van der Waals surface area contributed by atoms with Crippen molar-refractivity contribution < 1.29 is 9.53 Å². The fraction of sp³-hybridized carbons (Fsp3) is 0.583. The highest BCUT2D eigenvalue weighted by molar-refractivity contribution is 7.18. The van der Waals surface area contributed by atoms with Gasteiger partial charge in [-0.3, -0.25) is 9.69 Å². The monoisotopic (exact) mass is 275 g/mol. The van der Waals surface area contributed by atoms with Gasteiger partial charge in [0, 0.05) is 19.7 Å². The topological polar surface area (TPSA) is 29.5 Å². The van der Waals surface area contributed by atoms with Gasteiger partial charge >= 0.3 is 0 Å². The van der Waals surface area contributed by atoms with E-state index in [1.54, 1.807) is 19.2 Å². The first-order chi connectivity index (χ1) is 8.04. The van der Waals surface area contributed by atoms with Gasteiger partial charge in [-0.25, -0.2) is 0 Å². The van der Waals surface area contributed by atoms with Crippen LogP contribution in [0, 0.1) is 0 Å². The first-order valence-corrected chi connectivity index (χ1v) is 6.75. The Bertz CT molecular complexity index is 365. The summed E-state index contributed by atoms with van der Waals surface area (Å²) in [6.45, 7) is 5.96. The van der Waals surface area contributed by atoms with Crippen molar-refractivity contribution in [3.05, 3.63) is 21.3 Å². The molecule has 0 bridgehead atoms. The lowest BCUT2D eigenvalue weighted by Crippen LogP contribution is -2.37. The third-order valence-corrected chi connectivity index (χ3v) is 3.78. The molecule has 0 aliphatic carbocycles. The molecule has 1 aromatic rings. The number of carbonyl (C=O) groups is 1. The van der Waals surface area contributed by atoms with E-state index in [1.165, 1.54) is 11.3 Å². The molecule has 0 saturated heterocycles. The molecule has 0 amide bonds. The lowest BCUT2D eigenvalue weighted by atomic mass is 10.2. The molecular weight excluding hydrogens is 258 g/mol. The van der Waals surface area contributed by atoms with Crippen LogP contribution in [-0.2, 0) is 4.74 Å². The van der Waals surface area contributed by atoms with E-state index >= 15 is 0 Å². The van der Waals surface area contributed by atoms with Crippen LogP contribution in [0.25, 0.3) is 0 Å². The molecular formula is C12H18ClNO2S. The van der Waals surface area contributed by atoms with E-state index in [0.717, 1.165) is 11.4 Å². The van der Waals surface area contributed by atoms with E-state index in [1.807, 2.05) is 0 Å². The van der Waals surface area contributed by atoms with Crippen LogP contribution in [0.3, 0.4) is 0 Å². The summed E-state index contributed by atoms with van der Waals surface area (Å²) < 4.78 is 5.70. The highest BCUT2D eigenvalue weighted by Gasteiger charge is 2.16. The fourth-order valence-electron chi connectivity index (χ4n) is 1.45. The minimum Gasteiger partial charge on any atom is -0.383 e. The molecule has 1 aromatic heterocycles. The van der Waals surface area contributed by atoms with Gasteiger partial charge in [-0.1, -0.05) is 11.6 Å². The first kappa shape index (κ1) is 14.6. The molecule has 0 fully saturated rings. The number of ether oxygens (including phenoxy) is 1. The molecule has 17 heavy (non-hydrogen) atoms. The predicted molar refractivity (Wildman–Crippen MR) is 72.2 cm³/mol. The summed E-state index contributed by atoms with van der Waals surface area (Å²) in [5, 5.41) is 0. The molecule has 0 aliphatic rings. The Morgan fingerprint density at radius 1 is 1.53 bits per heavy atom. The fourth-order valence-corrected chi connectivity index (χ4v) is 2.43. The molecule has 96 valence electrons. The van der Waals surface area contributed by atoms with Gasteiger partial charge in [-0.05, 0) is 26.0 Å². The SMILES string of the molecule is COCCN(CC(=O)c1ccc(Cl)s1)C(C)C. The minimum absolute atomic E-state index is 0.117. The zero-order valence-electron chi connectivity index (χ0n) is 10.4. The van der Waals surface area contributed by atoms with Gasteiger partial charge < -0.3 is 4.74 Å². The van der Waals surface area contributed by atoms with Crippen molar-refractivity contribution in [2.24, 2.45) is 0 Å². The molecule has 5 heteroatoms. The lowest BCUT2D eigenvalue weighted by molar-refractivity contribution is 0.0856. The summed E-state index contributed by atoms with van der Waals surface area (Å²) in [4.78, 5) is 14.8. The van der Waals surface area contributed by atoms with Crippen LogP contribution in [0.1, 0.15) is 23.5 Å². The number of hydrogen-bond acceptors (Lipinski definition) is 4. The summed E-state index contributed by atoms with van der Waals surface area (Å²) in [5.41, 5.74) is 0. The van der Waals surface area contributed by atoms with Crippen LogP contribution in [0.4, 0.5) is 0 Å². The Balaban J connectivity index is 2.57. The smallest absolute Gasteiger partial charge is 0.186 e. The summed E-state index contributed by atoms with van der Waals surface area (Å²) in [6.07, 6.45) is 0. The average molecular weight is 276 g/mol. The highest BCUT2D eigenvalue weighted by Crippen LogP contribution is 2.22. The average Bonchev–Trinajstić information content (AvgIpc) is 2.70. The van der Waals surface area contributed by atoms with Crippen LogP contribution in [0.5, 0.6) is 0 Å². The van der Waals surface area contributed by atoms with Crippen LogP contribution in [0.15, 0.2) is 12.1 Å². The summed E-state index contributed by atoms with van der Waals surface area (Å²) in [6, 6.07) is 3.86. The lowest BCUT2D eigenvalue weighted by Gasteiger charge is -2.24. The molecule has 0 radical (unpaired) electrons. The van der Waals surface area contributed by atoms with Gasteiger partial charge in [-0.2, -0.15) is 0 Å². The van der Waals surface area contributed by atoms with Crippen molar-refractivity contribution in [3.8, 4) is 0 Å². The van der Waals surface area contributed by atoms with E-state index in [9.17, 15) is 4.79 Å². The Kier molecular flexibility index (Phi) is 6.12. The third kappa shape index (κ3) is 4.76. The highest BCUT2D eigenvalue weighted by atomic mass is 35.5. The molecule has 0 aliphatic heterocycles. The summed E-state index contributed by atoms with van der Waals surface area (Å²) in [5.74, 6) is 0.117. The number of methoxy groups -OCH3 is 1. The van der Waals surface area contributed by atoms with Gasteiger partial charge in [0.25, 0.3) is 0 Å². The zero-order chi connectivity index (χ0) is 12.8. The van der Waals surface area contributed by atoms with Crippen molar-refractivity contribution >= 4 is 28.7 Å². The van der Waals surface area contributed by atoms with Crippen molar-refractivity contribution in [1.82, 2.24) is 4.90 Å². The maximum absolute atomic E-state index is 12.0. The molecule has 3 nitrogen and oxygen atoms in total. The second-order valence-corrected chi connectivity index (χ2v) is 5.80. The maximum atomic E-state index is 12.0. The second-order valence-electron chi connectivity index (χ2n) is 4.08. The van der Waals surface area contributed by atoms with Crippen molar-refractivity contribution in [2.45, 2.75) is 19.9 Å². The number of Topliss-reactive ketones (excluding diaryl/α,β-unsaturated/α-hetero) is 1. The molecule has 0 spiro atoms. The van der Waals surface area contributed by atoms with Gasteiger partial charge in [0.15, 0.2) is 5.78 Å². The van der Waals surface area contributed by atoms with Crippen molar-refractivity contribution in [3.63, 3.8) is 0 Å². The third-order valence-electron chi connectivity index (χ3n) is 2.51. The number of rotatable bonds is 7. The molecule has 0 N–H and O–H groups in total. The number of thiophene rings is 1. The molecule has 0 aromatic carbocycles. The Morgan fingerprint density at radius 3 is 2.71 bits per heavy atom. The normalized spacial score (nSPS) is 11.4.